The maximum atomic E-state index is 7.99. The van der Waals surface area contributed by atoms with Crippen LogP contribution in [0.4, 0.5) is 0 Å². The summed E-state index contributed by atoms with van der Waals surface area (Å²) in [5.74, 6) is 0.834. The Morgan fingerprint density at radius 1 is 1.29 bits per heavy atom. The van der Waals surface area contributed by atoms with Gasteiger partial charge in [0.1, 0.15) is 12.4 Å². The van der Waals surface area contributed by atoms with Crippen molar-refractivity contribution in [2.75, 3.05) is 13.2 Å². The van der Waals surface area contributed by atoms with Crippen LogP contribution in [0.3, 0.4) is 0 Å². The Kier molecular flexibility index (Phi) is 4.77. The van der Waals surface area contributed by atoms with Crippen LogP contribution in [-0.2, 0) is 0 Å². The van der Waals surface area contributed by atoms with E-state index in [4.69, 9.17) is 10.3 Å². The molecule has 0 atom stereocenters. The summed E-state index contributed by atoms with van der Waals surface area (Å²) >= 11 is 0. The Labute approximate surface area is 82.4 Å². The normalized spacial score (nSPS) is 9.71. The number of rotatable bonds is 5. The lowest BCUT2D eigenvalue weighted by molar-refractivity contribution is 0.362. The monoisotopic (exact) mass is 189 g/mol. The van der Waals surface area contributed by atoms with E-state index >= 15 is 0 Å². The Morgan fingerprint density at radius 3 is 2.79 bits per heavy atom. The van der Waals surface area contributed by atoms with Crippen molar-refractivity contribution < 1.29 is 4.74 Å². The summed E-state index contributed by atoms with van der Waals surface area (Å²) in [6, 6.07) is 9.55. The Hall–Kier alpha value is -1.93. The summed E-state index contributed by atoms with van der Waals surface area (Å²) < 4.78 is 5.36. The highest BCUT2D eigenvalue weighted by Gasteiger charge is 1.86. The topological polar surface area (TPSA) is 58.0 Å². The first-order chi connectivity index (χ1) is 6.93. The van der Waals surface area contributed by atoms with Gasteiger partial charge in [0.25, 0.3) is 0 Å². The Morgan fingerprint density at radius 2 is 2.07 bits per heavy atom. The van der Waals surface area contributed by atoms with Crippen LogP contribution < -0.4 is 4.74 Å². The number of azide groups is 1. The van der Waals surface area contributed by atoms with Gasteiger partial charge in [0.2, 0.25) is 0 Å². The van der Waals surface area contributed by atoms with Crippen molar-refractivity contribution >= 4 is 0 Å². The highest BCUT2D eigenvalue weighted by molar-refractivity contribution is 5.21. The van der Waals surface area contributed by atoms with Gasteiger partial charge < -0.3 is 4.74 Å². The molecule has 0 fully saturated rings. The maximum Gasteiger partial charge on any atom is 0.119 e. The van der Waals surface area contributed by atoms with E-state index in [0.717, 1.165) is 5.75 Å². The molecule has 0 aliphatic rings. The molecule has 14 heavy (non-hydrogen) atoms. The number of benzene rings is 1. The molecule has 0 unspecified atom stereocenters. The van der Waals surface area contributed by atoms with E-state index < -0.39 is 0 Å². The van der Waals surface area contributed by atoms with E-state index in [1.54, 1.807) is 6.08 Å². The predicted octanol–water partition coefficient (Wildman–Crippen LogP) is 2.93. The minimum atomic E-state index is 0.370. The molecule has 0 radical (unpaired) electrons. The molecule has 1 aromatic carbocycles. The molecule has 4 nitrogen and oxygen atoms in total. The van der Waals surface area contributed by atoms with E-state index in [2.05, 4.69) is 10.0 Å². The number of hydrogen-bond acceptors (Lipinski definition) is 2. The molecule has 0 aliphatic carbocycles. The molecule has 1 aromatic rings. The molecule has 0 amide bonds. The van der Waals surface area contributed by atoms with Crippen molar-refractivity contribution in [3.05, 3.63) is 52.9 Å². The van der Waals surface area contributed by atoms with Crippen molar-refractivity contribution in [2.45, 2.75) is 0 Å². The van der Waals surface area contributed by atoms with Gasteiger partial charge in [-0.3, -0.25) is 0 Å². The highest BCUT2D eigenvalue weighted by Crippen LogP contribution is 2.07. The zero-order valence-electron chi connectivity index (χ0n) is 7.71. The van der Waals surface area contributed by atoms with Crippen molar-refractivity contribution in [1.29, 1.82) is 0 Å². The molecule has 0 aromatic heterocycles. The van der Waals surface area contributed by atoms with Crippen LogP contribution >= 0.6 is 0 Å². The van der Waals surface area contributed by atoms with Crippen LogP contribution in [-0.4, -0.2) is 13.2 Å². The predicted molar refractivity (Wildman–Crippen MR) is 55.1 cm³/mol. The molecule has 0 heterocycles. The molecule has 0 bridgehead atoms. The minimum Gasteiger partial charge on any atom is -0.490 e. The van der Waals surface area contributed by atoms with E-state index in [1.807, 2.05) is 36.4 Å². The van der Waals surface area contributed by atoms with E-state index in [0.29, 0.717) is 13.2 Å². The fraction of sp³-hybridized carbons (Fsp3) is 0.200. The summed E-state index contributed by atoms with van der Waals surface area (Å²) in [6.45, 7) is 0.861. The molecule has 4 heteroatoms. The maximum absolute atomic E-state index is 7.99. The van der Waals surface area contributed by atoms with Gasteiger partial charge in [-0.15, -0.1) is 0 Å². The van der Waals surface area contributed by atoms with Crippen molar-refractivity contribution in [2.24, 2.45) is 5.11 Å². The quantitative estimate of drug-likeness (QED) is 0.304. The average molecular weight is 189 g/mol. The summed E-state index contributed by atoms with van der Waals surface area (Å²) in [5, 5.41) is 3.35. The second-order valence-electron chi connectivity index (χ2n) is 2.51. The number of para-hydroxylation sites is 1. The first-order valence-electron chi connectivity index (χ1n) is 4.27. The minimum absolute atomic E-state index is 0.370. The van der Waals surface area contributed by atoms with Gasteiger partial charge in [-0.2, -0.15) is 0 Å². The largest absolute Gasteiger partial charge is 0.490 e. The van der Waals surface area contributed by atoms with Gasteiger partial charge in [-0.1, -0.05) is 35.5 Å². The molecule has 0 saturated heterocycles. The van der Waals surface area contributed by atoms with E-state index in [9.17, 15) is 0 Å². The van der Waals surface area contributed by atoms with Crippen molar-refractivity contribution in [1.82, 2.24) is 0 Å². The van der Waals surface area contributed by atoms with Gasteiger partial charge in [-0.05, 0) is 17.7 Å². The Balaban J connectivity index is 2.22. The van der Waals surface area contributed by atoms with Crippen molar-refractivity contribution in [3.8, 4) is 5.75 Å². The molecule has 0 N–H and O–H groups in total. The lowest BCUT2D eigenvalue weighted by Gasteiger charge is -2.00. The summed E-state index contributed by atoms with van der Waals surface area (Å²) in [4.78, 5) is 2.62. The third-order valence-electron chi connectivity index (χ3n) is 1.51. The SMILES string of the molecule is [N-]=[N+]=NCC=CCOc1ccccc1. The molecular formula is C10H11N3O. The number of ether oxygens (including phenoxy) is 1. The molecule has 0 aliphatic heterocycles. The molecular weight excluding hydrogens is 178 g/mol. The second kappa shape index (κ2) is 6.57. The third-order valence-corrected chi connectivity index (χ3v) is 1.51. The standard InChI is InChI=1S/C10H11N3O/c11-13-12-8-4-5-9-14-10-6-2-1-3-7-10/h1-7H,8-9H2. The zero-order chi connectivity index (χ0) is 10.1. The summed E-state index contributed by atoms with van der Waals surface area (Å²) in [7, 11) is 0. The first-order valence-corrected chi connectivity index (χ1v) is 4.27. The van der Waals surface area contributed by atoms with Crippen LogP contribution in [0, 0.1) is 0 Å². The lowest BCUT2D eigenvalue weighted by atomic mass is 10.3. The molecule has 0 spiro atoms. The number of hydrogen-bond donors (Lipinski definition) is 0. The highest BCUT2D eigenvalue weighted by atomic mass is 16.5. The van der Waals surface area contributed by atoms with Gasteiger partial charge in [0, 0.05) is 11.5 Å². The fourth-order valence-electron chi connectivity index (χ4n) is 0.887. The van der Waals surface area contributed by atoms with Gasteiger partial charge in [0.05, 0.1) is 0 Å². The fourth-order valence-corrected chi connectivity index (χ4v) is 0.887. The van der Waals surface area contributed by atoms with Gasteiger partial charge in [0.15, 0.2) is 0 Å². The van der Waals surface area contributed by atoms with Crippen LogP contribution in [0.5, 0.6) is 5.75 Å². The van der Waals surface area contributed by atoms with Gasteiger partial charge in [-0.25, -0.2) is 0 Å². The Bertz CT molecular complexity index is 328. The van der Waals surface area contributed by atoms with E-state index in [-0.39, 0.29) is 0 Å². The number of nitrogens with zero attached hydrogens (tertiary/aromatic N) is 3. The summed E-state index contributed by atoms with van der Waals surface area (Å²) in [5.41, 5.74) is 7.99. The second-order valence-corrected chi connectivity index (χ2v) is 2.51. The van der Waals surface area contributed by atoms with Crippen molar-refractivity contribution in [3.63, 3.8) is 0 Å². The average Bonchev–Trinajstić information content (AvgIpc) is 2.25. The van der Waals surface area contributed by atoms with E-state index in [1.165, 1.54) is 0 Å². The molecule has 1 rings (SSSR count). The molecule has 72 valence electrons. The molecule has 0 saturated carbocycles. The van der Waals surface area contributed by atoms with Gasteiger partial charge >= 0.3 is 0 Å². The van der Waals surface area contributed by atoms with Crippen LogP contribution in [0.25, 0.3) is 10.4 Å². The third kappa shape index (κ3) is 4.18. The van der Waals surface area contributed by atoms with Crippen LogP contribution in [0.15, 0.2) is 47.6 Å². The smallest absolute Gasteiger partial charge is 0.119 e. The zero-order valence-corrected chi connectivity index (χ0v) is 7.71. The summed E-state index contributed by atoms with van der Waals surface area (Å²) in [6.07, 6.45) is 3.59. The first kappa shape index (κ1) is 10.2. The van der Waals surface area contributed by atoms with Crippen LogP contribution in [0.1, 0.15) is 0 Å². The van der Waals surface area contributed by atoms with Crippen LogP contribution in [0.2, 0.25) is 0 Å². The lowest BCUT2D eigenvalue weighted by Crippen LogP contribution is -1.92.